The van der Waals surface area contributed by atoms with E-state index in [0.717, 1.165) is 93.5 Å². The molecular formula is C48H51N5O7. The van der Waals surface area contributed by atoms with Gasteiger partial charge in [-0.2, -0.15) is 0 Å². The summed E-state index contributed by atoms with van der Waals surface area (Å²) in [5.74, 6) is 1.67. The molecule has 0 radical (unpaired) electrons. The number of phenols is 1. The van der Waals surface area contributed by atoms with Crippen LogP contribution in [0.2, 0.25) is 0 Å². The van der Waals surface area contributed by atoms with Crippen molar-refractivity contribution in [2.45, 2.75) is 68.2 Å². The molecule has 1 unspecified atom stereocenters. The zero-order valence-corrected chi connectivity index (χ0v) is 33.8. The number of phenolic OH excluding ortho intramolecular Hbond substituents is 1. The predicted octanol–water partition coefficient (Wildman–Crippen LogP) is 5.42. The fraction of sp³-hybridized carbons (Fsp3) is 0.438. The zero-order valence-electron chi connectivity index (χ0n) is 33.8. The van der Waals surface area contributed by atoms with Crippen molar-refractivity contribution in [3.05, 3.63) is 113 Å². The van der Waals surface area contributed by atoms with Crippen LogP contribution in [0.5, 0.6) is 17.2 Å². The average molecular weight is 810 g/mol. The number of hydrogen-bond donors (Lipinski definition) is 2. The van der Waals surface area contributed by atoms with Crippen LogP contribution in [0.15, 0.2) is 84.9 Å². The van der Waals surface area contributed by atoms with Crippen LogP contribution < -0.4 is 24.6 Å². The highest BCUT2D eigenvalue weighted by Gasteiger charge is 2.46. The van der Waals surface area contributed by atoms with Crippen molar-refractivity contribution >= 4 is 29.1 Å². The lowest BCUT2D eigenvalue weighted by Crippen LogP contribution is -2.58. The Labute approximate surface area is 350 Å². The van der Waals surface area contributed by atoms with Crippen LogP contribution in [0.25, 0.3) is 0 Å². The molecule has 0 bridgehead atoms. The minimum atomic E-state index is -0.642. The molecule has 0 aliphatic carbocycles. The van der Waals surface area contributed by atoms with Gasteiger partial charge in [-0.3, -0.25) is 24.6 Å². The Morgan fingerprint density at radius 2 is 1.65 bits per heavy atom. The van der Waals surface area contributed by atoms with Gasteiger partial charge in [0, 0.05) is 86.0 Å². The summed E-state index contributed by atoms with van der Waals surface area (Å²) in [6, 6.07) is 28.7. The van der Waals surface area contributed by atoms with E-state index in [1.165, 1.54) is 16.8 Å². The van der Waals surface area contributed by atoms with Gasteiger partial charge in [-0.25, -0.2) is 0 Å². The number of piperazine rings is 1. The SMILES string of the molecule is O=C1CC[C@@H](N2Cc3c(ccc4c3OC[C@@H]3CN(CC5COC6(CCN(c7ccc([C@H]8c9ccc(O)cc9OC[C@H]8c8ccccc8)cc7)CC6)C5)CCN43)C2=O)C(=O)N1. The monoisotopic (exact) mass is 809 g/mol. The number of imide groups is 1. The number of anilines is 2. The van der Waals surface area contributed by atoms with Gasteiger partial charge in [0.15, 0.2) is 0 Å². The molecule has 3 amide bonds. The molecule has 0 aromatic heterocycles. The Bertz CT molecular complexity index is 2330. The second-order valence-electron chi connectivity index (χ2n) is 17.9. The number of rotatable bonds is 6. The normalized spacial score (nSPS) is 27.1. The summed E-state index contributed by atoms with van der Waals surface area (Å²) < 4.78 is 19.3. The number of fused-ring (bicyclic) bond motifs is 6. The molecule has 11 rings (SSSR count). The molecule has 7 aliphatic heterocycles. The molecule has 60 heavy (non-hydrogen) atoms. The summed E-state index contributed by atoms with van der Waals surface area (Å²) in [5.41, 5.74) is 7.26. The number of aromatic hydroxyl groups is 1. The first-order chi connectivity index (χ1) is 29.3. The Kier molecular flexibility index (Phi) is 9.26. The number of nitrogens with zero attached hydrogens (tertiary/aromatic N) is 4. The molecule has 4 aromatic carbocycles. The molecule has 12 nitrogen and oxygen atoms in total. The topological polar surface area (TPSA) is 124 Å². The van der Waals surface area contributed by atoms with Crippen molar-refractivity contribution in [1.82, 2.24) is 15.1 Å². The number of carbonyl (C=O) groups is 3. The predicted molar refractivity (Wildman–Crippen MR) is 225 cm³/mol. The van der Waals surface area contributed by atoms with Crippen LogP contribution in [-0.2, 0) is 20.9 Å². The number of nitrogens with one attached hydrogen (secondary N) is 1. The summed E-state index contributed by atoms with van der Waals surface area (Å²) >= 11 is 0. The van der Waals surface area contributed by atoms with E-state index in [-0.39, 0.29) is 47.5 Å². The fourth-order valence-electron chi connectivity index (χ4n) is 11.3. The molecule has 7 aliphatic rings. The van der Waals surface area contributed by atoms with Gasteiger partial charge in [0.2, 0.25) is 11.8 Å². The Balaban J connectivity index is 0.700. The highest BCUT2D eigenvalue weighted by atomic mass is 16.5. The number of amides is 3. The molecule has 7 heterocycles. The van der Waals surface area contributed by atoms with E-state index in [2.05, 4.69) is 74.6 Å². The standard InChI is InChI=1S/C48H51N5O7/c54-35-10-11-37-42(22-35)58-29-39(31-4-2-1-3-5-31)44(37)32-6-8-33(9-7-32)51-18-16-48(17-19-51)23-30(27-60-48)24-50-20-21-52-34(25-50)28-59-45-38-26-53(41-14-15-43(55)49-46(41)56)47(57)36(38)12-13-40(45)52/h1-13,22,30,34,39,41,44,54H,14-21,23-29H2,(H,49,55,56)/t30?,34-,39-,41+,44-/m0/s1. The Morgan fingerprint density at radius 1 is 0.817 bits per heavy atom. The van der Waals surface area contributed by atoms with Gasteiger partial charge in [-0.05, 0) is 73.1 Å². The minimum Gasteiger partial charge on any atom is -0.508 e. The number of hydrogen-bond acceptors (Lipinski definition) is 10. The number of carbonyl (C=O) groups excluding carboxylic acids is 3. The van der Waals surface area contributed by atoms with Crippen molar-refractivity contribution in [3.8, 4) is 17.2 Å². The van der Waals surface area contributed by atoms with Crippen LogP contribution >= 0.6 is 0 Å². The second-order valence-corrected chi connectivity index (χ2v) is 17.9. The van der Waals surface area contributed by atoms with Crippen LogP contribution in [0.4, 0.5) is 11.4 Å². The van der Waals surface area contributed by atoms with Gasteiger partial charge in [0.25, 0.3) is 5.91 Å². The van der Waals surface area contributed by atoms with Gasteiger partial charge >= 0.3 is 0 Å². The molecule has 12 heteroatoms. The van der Waals surface area contributed by atoms with Gasteiger partial charge in [-0.15, -0.1) is 0 Å². The Morgan fingerprint density at radius 3 is 2.47 bits per heavy atom. The van der Waals surface area contributed by atoms with E-state index in [1.807, 2.05) is 18.2 Å². The van der Waals surface area contributed by atoms with Crippen molar-refractivity contribution in [1.29, 1.82) is 0 Å². The Hall–Kier alpha value is -5.59. The van der Waals surface area contributed by atoms with E-state index >= 15 is 0 Å². The number of ether oxygens (including phenoxy) is 3. The van der Waals surface area contributed by atoms with Gasteiger partial charge in [0.05, 0.1) is 37.1 Å². The third-order valence-corrected chi connectivity index (χ3v) is 14.4. The lowest BCUT2D eigenvalue weighted by molar-refractivity contribution is -0.136. The molecule has 0 saturated carbocycles. The van der Waals surface area contributed by atoms with E-state index in [9.17, 15) is 19.5 Å². The highest BCUT2D eigenvalue weighted by molar-refractivity contribution is 6.06. The van der Waals surface area contributed by atoms with Crippen LogP contribution in [0, 0.1) is 5.92 Å². The van der Waals surface area contributed by atoms with Crippen LogP contribution in [0.3, 0.4) is 0 Å². The third kappa shape index (κ3) is 6.55. The first-order valence-corrected chi connectivity index (χ1v) is 21.7. The third-order valence-electron chi connectivity index (χ3n) is 14.4. The summed E-state index contributed by atoms with van der Waals surface area (Å²) in [5, 5.41) is 12.6. The maximum absolute atomic E-state index is 13.4. The largest absolute Gasteiger partial charge is 0.508 e. The molecule has 310 valence electrons. The molecule has 5 atom stereocenters. The summed E-state index contributed by atoms with van der Waals surface area (Å²) in [7, 11) is 0. The molecule has 1 spiro atoms. The van der Waals surface area contributed by atoms with Gasteiger partial charge < -0.3 is 34.0 Å². The van der Waals surface area contributed by atoms with Gasteiger partial charge in [0.1, 0.15) is 29.9 Å². The summed E-state index contributed by atoms with van der Waals surface area (Å²) in [6.07, 6.45) is 3.71. The van der Waals surface area contributed by atoms with E-state index in [0.29, 0.717) is 37.7 Å². The fourth-order valence-corrected chi connectivity index (χ4v) is 11.3. The van der Waals surface area contributed by atoms with Crippen molar-refractivity contribution in [3.63, 3.8) is 0 Å². The van der Waals surface area contributed by atoms with E-state index in [1.54, 1.807) is 17.0 Å². The number of benzene rings is 4. The maximum Gasteiger partial charge on any atom is 0.255 e. The average Bonchev–Trinajstić information content (AvgIpc) is 3.82. The molecule has 2 N–H and O–H groups in total. The second kappa shape index (κ2) is 14.8. The minimum absolute atomic E-state index is 0.0599. The van der Waals surface area contributed by atoms with Crippen LogP contribution in [-0.4, -0.2) is 109 Å². The molecule has 4 fully saturated rings. The van der Waals surface area contributed by atoms with Crippen molar-refractivity contribution in [2.75, 3.05) is 68.9 Å². The smallest absolute Gasteiger partial charge is 0.255 e. The number of piperidine rings is 2. The van der Waals surface area contributed by atoms with Crippen molar-refractivity contribution in [2.24, 2.45) is 5.92 Å². The van der Waals surface area contributed by atoms with Crippen LogP contribution in [0.1, 0.15) is 76.6 Å². The molecular weight excluding hydrogens is 759 g/mol. The zero-order chi connectivity index (χ0) is 40.5. The first-order valence-electron chi connectivity index (χ1n) is 21.7. The first kappa shape index (κ1) is 37.4. The summed E-state index contributed by atoms with van der Waals surface area (Å²) in [6.45, 7) is 7.93. The quantitative estimate of drug-likeness (QED) is 0.244. The van der Waals surface area contributed by atoms with E-state index < -0.39 is 11.9 Å². The lowest BCUT2D eigenvalue weighted by Gasteiger charge is -2.46. The van der Waals surface area contributed by atoms with Crippen molar-refractivity contribution < 1.29 is 33.7 Å². The highest BCUT2D eigenvalue weighted by Crippen LogP contribution is 2.48. The lowest BCUT2D eigenvalue weighted by atomic mass is 9.76. The van der Waals surface area contributed by atoms with Gasteiger partial charge in [-0.1, -0.05) is 48.5 Å². The molecule has 4 saturated heterocycles. The summed E-state index contributed by atoms with van der Waals surface area (Å²) in [4.78, 5) is 46.9. The molecule has 4 aromatic rings. The van der Waals surface area contributed by atoms with E-state index in [4.69, 9.17) is 14.2 Å². The maximum atomic E-state index is 13.4.